The molecule has 2 saturated heterocycles. The first kappa shape index (κ1) is 11.9. The number of rotatable bonds is 1. The Hall–Kier alpha value is -1.70. The van der Waals surface area contributed by atoms with Crippen LogP contribution < -0.4 is 4.90 Å². The molecule has 21 heavy (non-hydrogen) atoms. The third kappa shape index (κ3) is 1.14. The molecule has 0 N–H and O–H groups in total. The van der Waals surface area contributed by atoms with E-state index in [2.05, 4.69) is 49.1 Å². The van der Waals surface area contributed by atoms with Gasteiger partial charge in [0.15, 0.2) is 0 Å². The van der Waals surface area contributed by atoms with Crippen LogP contribution in [-0.2, 0) is 11.0 Å². The summed E-state index contributed by atoms with van der Waals surface area (Å²) in [4.78, 5) is 2.73. The smallest absolute Gasteiger partial charge is 0.117 e. The molecule has 4 heterocycles. The summed E-state index contributed by atoms with van der Waals surface area (Å²) >= 11 is 0. The van der Waals surface area contributed by atoms with Gasteiger partial charge in [-0.1, -0.05) is 18.2 Å². The van der Waals surface area contributed by atoms with Crippen molar-refractivity contribution in [2.45, 2.75) is 56.5 Å². The zero-order valence-corrected chi connectivity index (χ0v) is 12.7. The number of anilines is 1. The Kier molecular flexibility index (Phi) is 2.01. The lowest BCUT2D eigenvalue weighted by molar-refractivity contribution is 0.0365. The number of aryl methyl sites for hydroxylation is 1. The van der Waals surface area contributed by atoms with Gasteiger partial charge in [0.25, 0.3) is 0 Å². The van der Waals surface area contributed by atoms with Crippen molar-refractivity contribution in [2.24, 2.45) is 0 Å². The van der Waals surface area contributed by atoms with Crippen molar-refractivity contribution in [1.82, 2.24) is 0 Å². The molecular weight excluding hydrogens is 258 g/mol. The monoisotopic (exact) mass is 279 g/mol. The second-order valence-electron chi connectivity index (χ2n) is 7.18. The zero-order chi connectivity index (χ0) is 14.2. The molecule has 2 bridgehead atoms. The quantitative estimate of drug-likeness (QED) is 0.763. The summed E-state index contributed by atoms with van der Waals surface area (Å²) in [5, 5.41) is 0. The number of benzene rings is 1. The molecule has 0 amide bonds. The second kappa shape index (κ2) is 3.55. The van der Waals surface area contributed by atoms with Gasteiger partial charge in [-0.3, -0.25) is 0 Å². The highest BCUT2D eigenvalue weighted by atomic mass is 16.3. The van der Waals surface area contributed by atoms with Crippen LogP contribution in [0.15, 0.2) is 41.0 Å². The molecule has 0 unspecified atom stereocenters. The molecule has 2 nitrogen and oxygen atoms in total. The third-order valence-corrected chi connectivity index (χ3v) is 6.61. The summed E-state index contributed by atoms with van der Waals surface area (Å²) in [7, 11) is 0. The van der Waals surface area contributed by atoms with E-state index in [0.717, 1.165) is 0 Å². The Balaban J connectivity index is 1.80. The number of hydrogen-bond acceptors (Lipinski definition) is 2. The van der Waals surface area contributed by atoms with Crippen LogP contribution in [0.25, 0.3) is 0 Å². The van der Waals surface area contributed by atoms with E-state index in [1.165, 1.54) is 48.3 Å². The van der Waals surface area contributed by atoms with E-state index in [-0.39, 0.29) is 11.0 Å². The van der Waals surface area contributed by atoms with Gasteiger partial charge in [0.1, 0.15) is 5.76 Å². The maximum atomic E-state index is 5.97. The Labute approximate surface area is 125 Å². The number of piperidine rings is 2. The first-order valence-electron chi connectivity index (χ1n) is 8.12. The SMILES string of the molecule is Cc1ccccc1N1[C@@H](C)C23CCC1(CC2)c1ccoc13. The number of hydrogen-bond donors (Lipinski definition) is 0. The van der Waals surface area contributed by atoms with Crippen LogP contribution in [0, 0.1) is 6.92 Å². The standard InChI is InChI=1S/C19H21NO/c1-13-5-3-4-6-16(13)20-14(2)18-8-10-19(20,11-9-18)15-7-12-21-17(15)18/h3-7,12,14H,8-11H2,1-2H3/t14-,18?,19?/m0/s1. The minimum Gasteiger partial charge on any atom is -0.468 e. The zero-order valence-electron chi connectivity index (χ0n) is 12.7. The van der Waals surface area contributed by atoms with Crippen LogP contribution in [0.2, 0.25) is 0 Å². The summed E-state index contributed by atoms with van der Waals surface area (Å²) in [6.45, 7) is 4.65. The Morgan fingerprint density at radius 1 is 1.10 bits per heavy atom. The normalized spacial score (nSPS) is 36.1. The van der Waals surface area contributed by atoms with Crippen LogP contribution in [0.1, 0.15) is 49.5 Å². The van der Waals surface area contributed by atoms with Gasteiger partial charge in [0.05, 0.1) is 11.8 Å². The van der Waals surface area contributed by atoms with Gasteiger partial charge in [0.2, 0.25) is 0 Å². The predicted molar refractivity (Wildman–Crippen MR) is 83.7 cm³/mol. The second-order valence-corrected chi connectivity index (χ2v) is 7.18. The van der Waals surface area contributed by atoms with Crippen LogP contribution >= 0.6 is 0 Å². The molecule has 1 aromatic carbocycles. The highest BCUT2D eigenvalue weighted by Crippen LogP contribution is 2.66. The number of furan rings is 1. The van der Waals surface area contributed by atoms with Crippen LogP contribution in [0.5, 0.6) is 0 Å². The van der Waals surface area contributed by atoms with E-state index < -0.39 is 0 Å². The average Bonchev–Trinajstić information content (AvgIpc) is 3.02. The summed E-state index contributed by atoms with van der Waals surface area (Å²) in [6, 6.07) is 11.6. The lowest BCUT2D eigenvalue weighted by atomic mass is 9.49. The van der Waals surface area contributed by atoms with E-state index in [9.17, 15) is 0 Å². The fourth-order valence-corrected chi connectivity index (χ4v) is 5.54. The molecule has 3 aliphatic heterocycles. The maximum Gasteiger partial charge on any atom is 0.117 e. The summed E-state index contributed by atoms with van der Waals surface area (Å²) < 4.78 is 5.97. The minimum absolute atomic E-state index is 0.174. The lowest BCUT2D eigenvalue weighted by Gasteiger charge is -2.68. The maximum absolute atomic E-state index is 5.97. The van der Waals surface area contributed by atoms with Crippen molar-refractivity contribution in [2.75, 3.05) is 4.90 Å². The van der Waals surface area contributed by atoms with E-state index in [0.29, 0.717) is 6.04 Å². The molecule has 3 fully saturated rings. The summed E-state index contributed by atoms with van der Waals surface area (Å²) in [6.07, 6.45) is 7.05. The number of nitrogens with zero attached hydrogens (tertiary/aromatic N) is 1. The Bertz CT molecular complexity index is 721. The molecule has 0 spiro atoms. The van der Waals surface area contributed by atoms with Gasteiger partial charge in [0, 0.05) is 22.7 Å². The summed E-state index contributed by atoms with van der Waals surface area (Å²) in [5.41, 5.74) is 4.69. The highest BCUT2D eigenvalue weighted by Gasteiger charge is 2.66. The van der Waals surface area contributed by atoms with Crippen molar-refractivity contribution >= 4 is 5.69 Å². The molecule has 2 heteroatoms. The van der Waals surface area contributed by atoms with Gasteiger partial charge < -0.3 is 9.32 Å². The van der Waals surface area contributed by atoms with Crippen molar-refractivity contribution in [3.05, 3.63) is 53.5 Å². The molecular formula is C19H21NO. The van der Waals surface area contributed by atoms with Gasteiger partial charge in [-0.2, -0.15) is 0 Å². The van der Waals surface area contributed by atoms with Crippen molar-refractivity contribution < 1.29 is 4.42 Å². The summed E-state index contributed by atoms with van der Waals surface area (Å²) in [5.74, 6) is 1.30. The molecule has 1 aromatic heterocycles. The fourth-order valence-electron chi connectivity index (χ4n) is 5.54. The molecule has 1 atom stereocenters. The Morgan fingerprint density at radius 2 is 1.86 bits per heavy atom. The lowest BCUT2D eigenvalue weighted by Crippen LogP contribution is -2.71. The van der Waals surface area contributed by atoms with Crippen molar-refractivity contribution in [3.8, 4) is 0 Å². The van der Waals surface area contributed by atoms with Crippen LogP contribution in [0.4, 0.5) is 5.69 Å². The predicted octanol–water partition coefficient (Wildman–Crippen LogP) is 4.52. The third-order valence-electron chi connectivity index (χ3n) is 6.61. The molecule has 3 aliphatic carbocycles. The molecule has 2 aromatic rings. The van der Waals surface area contributed by atoms with Crippen LogP contribution in [0.3, 0.4) is 0 Å². The van der Waals surface area contributed by atoms with Crippen molar-refractivity contribution in [3.63, 3.8) is 0 Å². The molecule has 108 valence electrons. The first-order chi connectivity index (χ1) is 10.2. The highest BCUT2D eigenvalue weighted by molar-refractivity contribution is 5.64. The largest absolute Gasteiger partial charge is 0.468 e. The molecule has 0 radical (unpaired) electrons. The fraction of sp³-hybridized carbons (Fsp3) is 0.474. The van der Waals surface area contributed by atoms with Crippen molar-refractivity contribution in [1.29, 1.82) is 0 Å². The molecule has 1 saturated carbocycles. The van der Waals surface area contributed by atoms with Gasteiger partial charge in [-0.25, -0.2) is 0 Å². The van der Waals surface area contributed by atoms with E-state index in [4.69, 9.17) is 4.42 Å². The average molecular weight is 279 g/mol. The minimum atomic E-state index is 0.174. The Morgan fingerprint density at radius 3 is 2.62 bits per heavy atom. The number of para-hydroxylation sites is 1. The van der Waals surface area contributed by atoms with E-state index in [1.807, 2.05) is 6.26 Å². The first-order valence-corrected chi connectivity index (χ1v) is 8.12. The van der Waals surface area contributed by atoms with E-state index in [1.54, 1.807) is 0 Å². The van der Waals surface area contributed by atoms with Gasteiger partial charge >= 0.3 is 0 Å². The molecule has 8 rings (SSSR count). The van der Waals surface area contributed by atoms with Gasteiger partial charge in [-0.15, -0.1) is 0 Å². The topological polar surface area (TPSA) is 16.4 Å². The molecule has 6 aliphatic rings. The van der Waals surface area contributed by atoms with E-state index >= 15 is 0 Å². The van der Waals surface area contributed by atoms with Gasteiger partial charge in [-0.05, 0) is 57.2 Å². The van der Waals surface area contributed by atoms with Crippen LogP contribution in [-0.4, -0.2) is 6.04 Å².